The molecule has 0 saturated carbocycles. The van der Waals surface area contributed by atoms with Gasteiger partial charge in [-0.3, -0.25) is 4.79 Å². The molecule has 0 aromatic rings. The highest BCUT2D eigenvalue weighted by atomic mass is 16.5. The first-order valence-corrected chi connectivity index (χ1v) is 8.13. The Morgan fingerprint density at radius 2 is 1.05 bits per heavy atom. The summed E-state index contributed by atoms with van der Waals surface area (Å²) in [6, 6.07) is 0. The highest BCUT2D eigenvalue weighted by Gasteiger charge is 2.02. The van der Waals surface area contributed by atoms with Crippen molar-refractivity contribution >= 4 is 5.97 Å². The SMILES string of the molecule is O=C1CCCCCCCCCOCCCCCCO1. The highest BCUT2D eigenvalue weighted by Crippen LogP contribution is 2.10. The van der Waals surface area contributed by atoms with Crippen molar-refractivity contribution < 1.29 is 14.3 Å². The smallest absolute Gasteiger partial charge is 0.305 e. The molecule has 0 N–H and O–H groups in total. The molecule has 0 spiro atoms. The van der Waals surface area contributed by atoms with Crippen LogP contribution in [0.5, 0.6) is 0 Å². The van der Waals surface area contributed by atoms with Gasteiger partial charge in [0.2, 0.25) is 0 Å². The quantitative estimate of drug-likeness (QED) is 0.618. The van der Waals surface area contributed by atoms with E-state index in [0.29, 0.717) is 13.0 Å². The van der Waals surface area contributed by atoms with Crippen LogP contribution in [0.3, 0.4) is 0 Å². The Labute approximate surface area is 118 Å². The summed E-state index contributed by atoms with van der Waals surface area (Å²) in [5.74, 6) is -0.00977. The number of cyclic esters (lactones) is 1. The molecule has 1 aliphatic rings. The first kappa shape index (κ1) is 16.5. The zero-order valence-electron chi connectivity index (χ0n) is 12.3. The van der Waals surface area contributed by atoms with Gasteiger partial charge in [-0.15, -0.1) is 0 Å². The summed E-state index contributed by atoms with van der Waals surface area (Å²) in [6.45, 7) is 2.41. The lowest BCUT2D eigenvalue weighted by Gasteiger charge is -2.07. The van der Waals surface area contributed by atoms with E-state index in [2.05, 4.69) is 0 Å². The summed E-state index contributed by atoms with van der Waals surface area (Å²) in [4.78, 5) is 11.4. The Kier molecular flexibility index (Phi) is 10.8. The molecule has 0 aliphatic carbocycles. The van der Waals surface area contributed by atoms with E-state index in [-0.39, 0.29) is 5.97 Å². The number of esters is 1. The van der Waals surface area contributed by atoms with Crippen LogP contribution in [-0.2, 0) is 14.3 Å². The van der Waals surface area contributed by atoms with Gasteiger partial charge in [-0.1, -0.05) is 38.5 Å². The zero-order valence-corrected chi connectivity index (χ0v) is 12.3. The lowest BCUT2D eigenvalue weighted by Crippen LogP contribution is -2.06. The Morgan fingerprint density at radius 1 is 0.579 bits per heavy atom. The maximum Gasteiger partial charge on any atom is 0.305 e. The van der Waals surface area contributed by atoms with E-state index in [4.69, 9.17) is 9.47 Å². The predicted octanol–water partition coefficient (Wildman–Crippen LogP) is 4.24. The Hall–Kier alpha value is -0.570. The summed E-state index contributed by atoms with van der Waals surface area (Å²) in [5.41, 5.74) is 0. The average Bonchev–Trinajstić information content (AvgIpc) is 2.41. The van der Waals surface area contributed by atoms with Crippen LogP contribution in [0.15, 0.2) is 0 Å². The largest absolute Gasteiger partial charge is 0.466 e. The Balaban J connectivity index is 2.10. The number of hydrogen-bond acceptors (Lipinski definition) is 3. The molecular weight excluding hydrogens is 240 g/mol. The lowest BCUT2D eigenvalue weighted by molar-refractivity contribution is -0.143. The monoisotopic (exact) mass is 270 g/mol. The van der Waals surface area contributed by atoms with Crippen molar-refractivity contribution in [2.24, 2.45) is 0 Å². The van der Waals surface area contributed by atoms with Crippen LogP contribution < -0.4 is 0 Å². The molecule has 3 heteroatoms. The van der Waals surface area contributed by atoms with Gasteiger partial charge in [0.25, 0.3) is 0 Å². The van der Waals surface area contributed by atoms with Crippen LogP contribution in [0.1, 0.15) is 77.0 Å². The maximum absolute atomic E-state index is 11.4. The molecule has 1 aliphatic heterocycles. The second-order valence-electron chi connectivity index (χ2n) is 5.47. The molecule has 0 bridgehead atoms. The standard InChI is InChI=1S/C16H30O3/c17-16-12-8-4-2-1-3-5-9-13-18-14-10-6-7-11-15-19-16/h1-15H2. The minimum Gasteiger partial charge on any atom is -0.466 e. The minimum absolute atomic E-state index is 0.00977. The van der Waals surface area contributed by atoms with Gasteiger partial charge >= 0.3 is 5.97 Å². The fourth-order valence-electron chi connectivity index (χ4n) is 2.38. The van der Waals surface area contributed by atoms with Gasteiger partial charge in [0.1, 0.15) is 0 Å². The molecule has 3 nitrogen and oxygen atoms in total. The zero-order chi connectivity index (χ0) is 13.6. The van der Waals surface area contributed by atoms with Crippen molar-refractivity contribution in [3.8, 4) is 0 Å². The van der Waals surface area contributed by atoms with E-state index in [0.717, 1.165) is 45.3 Å². The van der Waals surface area contributed by atoms with Crippen LogP contribution >= 0.6 is 0 Å². The molecule has 0 aromatic heterocycles. The summed E-state index contributed by atoms with van der Waals surface area (Å²) in [5, 5.41) is 0. The topological polar surface area (TPSA) is 35.5 Å². The molecule has 0 atom stereocenters. The Bertz CT molecular complexity index is 196. The van der Waals surface area contributed by atoms with Gasteiger partial charge in [-0.25, -0.2) is 0 Å². The number of rotatable bonds is 0. The first-order chi connectivity index (χ1) is 9.39. The lowest BCUT2D eigenvalue weighted by atomic mass is 10.1. The second-order valence-corrected chi connectivity index (χ2v) is 5.47. The summed E-state index contributed by atoms with van der Waals surface area (Å²) in [6.07, 6.45) is 13.5. The molecule has 0 aromatic carbocycles. The average molecular weight is 270 g/mol. The van der Waals surface area contributed by atoms with Gasteiger partial charge < -0.3 is 9.47 Å². The van der Waals surface area contributed by atoms with Crippen molar-refractivity contribution in [3.63, 3.8) is 0 Å². The van der Waals surface area contributed by atoms with Crippen molar-refractivity contribution in [1.29, 1.82) is 0 Å². The fraction of sp³-hybridized carbons (Fsp3) is 0.938. The molecule has 1 fully saturated rings. The van der Waals surface area contributed by atoms with Gasteiger partial charge in [0.05, 0.1) is 6.61 Å². The van der Waals surface area contributed by atoms with Crippen LogP contribution in [0.25, 0.3) is 0 Å². The second kappa shape index (κ2) is 12.5. The molecule has 1 heterocycles. The number of hydrogen-bond donors (Lipinski definition) is 0. The summed E-state index contributed by atoms with van der Waals surface area (Å²) >= 11 is 0. The number of carbonyl (C=O) groups is 1. The molecule has 112 valence electrons. The minimum atomic E-state index is -0.00977. The normalized spacial score (nSPS) is 23.1. The van der Waals surface area contributed by atoms with E-state index < -0.39 is 0 Å². The molecule has 0 unspecified atom stereocenters. The number of carbonyl (C=O) groups excluding carboxylic acids is 1. The molecular formula is C16H30O3. The van der Waals surface area contributed by atoms with E-state index >= 15 is 0 Å². The summed E-state index contributed by atoms with van der Waals surface area (Å²) < 4.78 is 10.8. The van der Waals surface area contributed by atoms with Crippen molar-refractivity contribution in [2.75, 3.05) is 19.8 Å². The van der Waals surface area contributed by atoms with E-state index in [9.17, 15) is 4.79 Å². The van der Waals surface area contributed by atoms with Crippen molar-refractivity contribution in [2.45, 2.75) is 77.0 Å². The van der Waals surface area contributed by atoms with Gasteiger partial charge in [0, 0.05) is 19.6 Å². The van der Waals surface area contributed by atoms with E-state index in [1.54, 1.807) is 0 Å². The van der Waals surface area contributed by atoms with E-state index in [1.807, 2.05) is 0 Å². The maximum atomic E-state index is 11.4. The van der Waals surface area contributed by atoms with E-state index in [1.165, 1.54) is 38.5 Å². The Morgan fingerprint density at radius 3 is 1.68 bits per heavy atom. The van der Waals surface area contributed by atoms with Crippen LogP contribution in [0.4, 0.5) is 0 Å². The van der Waals surface area contributed by atoms with Crippen LogP contribution in [0.2, 0.25) is 0 Å². The van der Waals surface area contributed by atoms with Crippen molar-refractivity contribution in [1.82, 2.24) is 0 Å². The van der Waals surface area contributed by atoms with Gasteiger partial charge in [-0.2, -0.15) is 0 Å². The third-order valence-corrected chi connectivity index (χ3v) is 3.62. The third kappa shape index (κ3) is 11.0. The van der Waals surface area contributed by atoms with Crippen LogP contribution in [0, 0.1) is 0 Å². The predicted molar refractivity (Wildman–Crippen MR) is 77.2 cm³/mol. The summed E-state index contributed by atoms with van der Waals surface area (Å²) in [7, 11) is 0. The fourth-order valence-corrected chi connectivity index (χ4v) is 2.38. The van der Waals surface area contributed by atoms with Crippen molar-refractivity contribution in [3.05, 3.63) is 0 Å². The molecule has 1 saturated heterocycles. The molecule has 1 rings (SSSR count). The molecule has 0 radical (unpaired) electrons. The van der Waals surface area contributed by atoms with Gasteiger partial charge in [0.15, 0.2) is 0 Å². The number of ether oxygens (including phenoxy) is 2. The molecule has 0 amide bonds. The van der Waals surface area contributed by atoms with Crippen LogP contribution in [-0.4, -0.2) is 25.8 Å². The molecule has 19 heavy (non-hydrogen) atoms. The first-order valence-electron chi connectivity index (χ1n) is 8.13. The third-order valence-electron chi connectivity index (χ3n) is 3.62. The van der Waals surface area contributed by atoms with Gasteiger partial charge in [-0.05, 0) is 32.1 Å². The highest BCUT2D eigenvalue weighted by molar-refractivity contribution is 5.69.